The van der Waals surface area contributed by atoms with E-state index in [2.05, 4.69) is 22.3 Å². The predicted octanol–water partition coefficient (Wildman–Crippen LogP) is 1.26. The molecule has 1 amide bonds. The topological polar surface area (TPSA) is 59.1 Å². The summed E-state index contributed by atoms with van der Waals surface area (Å²) >= 11 is 0. The number of nitrogens with one attached hydrogen (secondary N) is 2. The second-order valence-electron chi connectivity index (χ2n) is 7.43. The van der Waals surface area contributed by atoms with Gasteiger partial charge in [0, 0.05) is 11.6 Å². The van der Waals surface area contributed by atoms with Crippen LogP contribution in [0, 0.1) is 5.92 Å². The molecule has 0 bridgehead atoms. The molecule has 1 aromatic heterocycles. The van der Waals surface area contributed by atoms with Crippen LogP contribution < -0.4 is 19.9 Å². The van der Waals surface area contributed by atoms with Crippen molar-refractivity contribution in [3.8, 4) is 5.75 Å². The molecule has 0 radical (unpaired) electrons. The largest absolute Gasteiger partial charge is 0.497 e. The first kappa shape index (κ1) is 17.9. The first-order valence-electron chi connectivity index (χ1n) is 9.79. The normalized spacial score (nSPS) is 18.9. The van der Waals surface area contributed by atoms with Crippen LogP contribution in [-0.4, -0.2) is 45.7 Å². The number of ether oxygens (including phenoxy) is 1. The monoisotopic (exact) mass is 370 g/mol. The maximum Gasteiger partial charge on any atom is 0.223 e. The maximum absolute atomic E-state index is 12.1. The fraction of sp³-hybridized carbons (Fsp3) is 0.476. The van der Waals surface area contributed by atoms with Gasteiger partial charge in [-0.05, 0) is 49.2 Å². The zero-order valence-corrected chi connectivity index (χ0v) is 15.8. The molecule has 144 valence electrons. The number of carbonyl (C=O) groups is 1. The van der Waals surface area contributed by atoms with E-state index in [0.29, 0.717) is 6.54 Å². The van der Waals surface area contributed by atoms with E-state index >= 15 is 0 Å². The van der Waals surface area contributed by atoms with Crippen molar-refractivity contribution in [3.63, 3.8) is 0 Å². The Bertz CT molecular complexity index is 733. The van der Waals surface area contributed by atoms with Crippen LogP contribution in [0.15, 0.2) is 47.1 Å². The highest BCUT2D eigenvalue weighted by Gasteiger charge is 2.34. The summed E-state index contributed by atoms with van der Waals surface area (Å²) in [5.41, 5.74) is 1.23. The van der Waals surface area contributed by atoms with Gasteiger partial charge in [0.2, 0.25) is 5.91 Å². The third-order valence-corrected chi connectivity index (χ3v) is 5.65. The second kappa shape index (κ2) is 8.05. The number of hydrogen-bond donors (Lipinski definition) is 2. The molecule has 2 heterocycles. The second-order valence-corrected chi connectivity index (χ2v) is 7.43. The van der Waals surface area contributed by atoms with Crippen molar-refractivity contribution < 1.29 is 18.8 Å². The van der Waals surface area contributed by atoms with Crippen LogP contribution in [0.1, 0.15) is 24.6 Å². The Balaban J connectivity index is 1.37. The number of carbonyl (C=O) groups excluding carboxylic acids is 1. The van der Waals surface area contributed by atoms with Gasteiger partial charge in [-0.3, -0.25) is 4.79 Å². The number of amides is 1. The highest BCUT2D eigenvalue weighted by atomic mass is 16.5. The Morgan fingerprint density at radius 1 is 1.26 bits per heavy atom. The Kier molecular flexibility index (Phi) is 5.34. The van der Waals surface area contributed by atoms with Gasteiger partial charge in [0.1, 0.15) is 5.75 Å². The number of nitrogens with zero attached hydrogens (tertiary/aromatic N) is 1. The summed E-state index contributed by atoms with van der Waals surface area (Å²) in [6, 6.07) is 12.4. The van der Waals surface area contributed by atoms with E-state index in [1.807, 2.05) is 24.3 Å². The lowest BCUT2D eigenvalue weighted by atomic mass is 10.1. The summed E-state index contributed by atoms with van der Waals surface area (Å²) in [7, 11) is 1.69. The molecule has 0 unspecified atom stereocenters. The molecule has 1 saturated heterocycles. The smallest absolute Gasteiger partial charge is 0.223 e. The molecule has 1 aliphatic carbocycles. The van der Waals surface area contributed by atoms with Crippen LogP contribution in [-0.2, 0) is 4.79 Å². The van der Waals surface area contributed by atoms with Crippen LogP contribution in [0.4, 0.5) is 5.69 Å². The van der Waals surface area contributed by atoms with Crippen molar-refractivity contribution in [2.75, 3.05) is 44.7 Å². The lowest BCUT2D eigenvalue weighted by Gasteiger charge is -2.37. The molecule has 27 heavy (non-hydrogen) atoms. The molecule has 4 rings (SSSR count). The first-order chi connectivity index (χ1) is 13.2. The molecular weight excluding hydrogens is 342 g/mol. The third-order valence-electron chi connectivity index (χ3n) is 5.65. The summed E-state index contributed by atoms with van der Waals surface area (Å²) in [4.78, 5) is 16.0. The molecule has 6 nitrogen and oxygen atoms in total. The van der Waals surface area contributed by atoms with Gasteiger partial charge in [-0.1, -0.05) is 0 Å². The molecule has 0 spiro atoms. The zero-order valence-electron chi connectivity index (χ0n) is 15.8. The average molecular weight is 370 g/mol. The van der Waals surface area contributed by atoms with E-state index < -0.39 is 0 Å². The van der Waals surface area contributed by atoms with E-state index in [1.54, 1.807) is 13.4 Å². The fourth-order valence-electron chi connectivity index (χ4n) is 3.82. The van der Waals surface area contributed by atoms with Crippen LogP contribution in [0.3, 0.4) is 0 Å². The van der Waals surface area contributed by atoms with Crippen LogP contribution >= 0.6 is 0 Å². The quantitative estimate of drug-likeness (QED) is 0.771. The van der Waals surface area contributed by atoms with Gasteiger partial charge < -0.3 is 24.3 Å². The number of benzene rings is 1. The summed E-state index contributed by atoms with van der Waals surface area (Å²) in [5.74, 6) is 2.28. The SMILES string of the molecule is COc1ccc(N2CC[NH+]([C@@H](CNC(=O)C3CC3)c3ccco3)CC2)cc1. The van der Waals surface area contributed by atoms with E-state index in [4.69, 9.17) is 9.15 Å². The van der Waals surface area contributed by atoms with Gasteiger partial charge >= 0.3 is 0 Å². The summed E-state index contributed by atoms with van der Waals surface area (Å²) in [5, 5.41) is 3.14. The predicted molar refractivity (Wildman–Crippen MR) is 103 cm³/mol. The van der Waals surface area contributed by atoms with Gasteiger partial charge in [-0.15, -0.1) is 0 Å². The van der Waals surface area contributed by atoms with Gasteiger partial charge in [0.15, 0.2) is 11.8 Å². The number of anilines is 1. The van der Waals surface area contributed by atoms with E-state index in [-0.39, 0.29) is 17.9 Å². The lowest BCUT2D eigenvalue weighted by Crippen LogP contribution is -3.15. The maximum atomic E-state index is 12.1. The number of methoxy groups -OCH3 is 1. The van der Waals surface area contributed by atoms with Crippen molar-refractivity contribution in [2.45, 2.75) is 18.9 Å². The molecule has 1 atom stereocenters. The summed E-state index contributed by atoms with van der Waals surface area (Å²) in [6.45, 7) is 4.62. The first-order valence-corrected chi connectivity index (χ1v) is 9.79. The highest BCUT2D eigenvalue weighted by molar-refractivity contribution is 5.80. The standard InChI is InChI=1S/C21H27N3O3/c1-26-18-8-6-17(7-9-18)23-10-12-24(13-11-23)19(20-3-2-14-27-20)15-22-21(25)16-4-5-16/h2-3,6-9,14,16,19H,4-5,10-13,15H2,1H3,(H,22,25)/p+1/t19-/m0/s1. The van der Waals surface area contributed by atoms with Crippen molar-refractivity contribution in [2.24, 2.45) is 5.92 Å². The molecule has 2 fully saturated rings. The summed E-state index contributed by atoms with van der Waals surface area (Å²) < 4.78 is 10.9. The van der Waals surface area contributed by atoms with Crippen molar-refractivity contribution in [3.05, 3.63) is 48.4 Å². The number of furan rings is 1. The van der Waals surface area contributed by atoms with E-state index in [0.717, 1.165) is 50.5 Å². The van der Waals surface area contributed by atoms with Crippen molar-refractivity contribution in [1.29, 1.82) is 0 Å². The molecule has 2 aromatic rings. The molecule has 1 aromatic carbocycles. The minimum Gasteiger partial charge on any atom is -0.497 e. The number of hydrogen-bond acceptors (Lipinski definition) is 4. The summed E-state index contributed by atoms with van der Waals surface area (Å²) in [6.07, 6.45) is 3.79. The highest BCUT2D eigenvalue weighted by Crippen LogP contribution is 2.28. The number of rotatable bonds is 7. The molecule has 1 aliphatic heterocycles. The Labute approximate surface area is 160 Å². The Morgan fingerprint density at radius 3 is 2.59 bits per heavy atom. The molecule has 2 aliphatic rings. The third kappa shape index (κ3) is 4.27. The molecular formula is C21H28N3O3+. The van der Waals surface area contributed by atoms with E-state index in [9.17, 15) is 4.79 Å². The number of piperazine rings is 1. The zero-order chi connectivity index (χ0) is 18.6. The van der Waals surface area contributed by atoms with Gasteiger partial charge in [0.05, 0.1) is 46.1 Å². The lowest BCUT2D eigenvalue weighted by molar-refractivity contribution is -0.932. The van der Waals surface area contributed by atoms with Crippen molar-refractivity contribution in [1.82, 2.24) is 5.32 Å². The molecule has 6 heteroatoms. The molecule has 1 saturated carbocycles. The number of quaternary nitrogens is 1. The van der Waals surface area contributed by atoms with E-state index in [1.165, 1.54) is 10.6 Å². The Hall–Kier alpha value is -2.47. The fourth-order valence-corrected chi connectivity index (χ4v) is 3.82. The Morgan fingerprint density at radius 2 is 2.00 bits per heavy atom. The minimum absolute atomic E-state index is 0.167. The van der Waals surface area contributed by atoms with Gasteiger partial charge in [0.25, 0.3) is 0 Å². The minimum atomic E-state index is 0.167. The van der Waals surface area contributed by atoms with Crippen LogP contribution in [0.2, 0.25) is 0 Å². The van der Waals surface area contributed by atoms with Crippen molar-refractivity contribution >= 4 is 11.6 Å². The molecule has 2 N–H and O–H groups in total. The average Bonchev–Trinajstić information content (AvgIpc) is 3.44. The van der Waals surface area contributed by atoms with Crippen LogP contribution in [0.25, 0.3) is 0 Å². The van der Waals surface area contributed by atoms with Gasteiger partial charge in [-0.25, -0.2) is 0 Å². The van der Waals surface area contributed by atoms with Crippen LogP contribution in [0.5, 0.6) is 5.75 Å². The van der Waals surface area contributed by atoms with Gasteiger partial charge in [-0.2, -0.15) is 0 Å².